The van der Waals surface area contributed by atoms with E-state index in [9.17, 15) is 4.79 Å². The van der Waals surface area contributed by atoms with E-state index in [4.69, 9.17) is 4.74 Å². The Hall–Kier alpha value is -1.52. The third kappa shape index (κ3) is 3.14. The van der Waals surface area contributed by atoms with Gasteiger partial charge in [0.05, 0.1) is 18.7 Å². The maximum Gasteiger partial charge on any atom is 0.145 e. The number of nitrogens with zero attached hydrogens (tertiary/aromatic N) is 1. The number of benzene rings is 1. The molecule has 4 heteroatoms. The van der Waals surface area contributed by atoms with E-state index in [1.807, 2.05) is 35.7 Å². The SMILES string of the molecule is O=C(Cc1nc(-c2ccccc2)cs1)C1CCCOC1. The molecule has 2 heterocycles. The van der Waals surface area contributed by atoms with E-state index >= 15 is 0 Å². The van der Waals surface area contributed by atoms with Crippen molar-refractivity contribution in [2.24, 2.45) is 5.92 Å². The van der Waals surface area contributed by atoms with Crippen LogP contribution in [0.3, 0.4) is 0 Å². The molecular weight excluding hydrogens is 270 g/mol. The molecule has 1 aliphatic rings. The van der Waals surface area contributed by atoms with E-state index in [0.29, 0.717) is 13.0 Å². The molecule has 1 aromatic carbocycles. The van der Waals surface area contributed by atoms with Gasteiger partial charge in [0.1, 0.15) is 10.8 Å². The van der Waals surface area contributed by atoms with Gasteiger partial charge < -0.3 is 4.74 Å². The lowest BCUT2D eigenvalue weighted by molar-refractivity contribution is -0.126. The first kappa shape index (κ1) is 13.5. The van der Waals surface area contributed by atoms with Crippen molar-refractivity contribution in [3.63, 3.8) is 0 Å². The molecule has 0 N–H and O–H groups in total. The monoisotopic (exact) mass is 287 g/mol. The minimum Gasteiger partial charge on any atom is -0.381 e. The van der Waals surface area contributed by atoms with Crippen LogP contribution >= 0.6 is 11.3 Å². The molecule has 0 bridgehead atoms. The van der Waals surface area contributed by atoms with E-state index in [-0.39, 0.29) is 11.7 Å². The smallest absolute Gasteiger partial charge is 0.145 e. The number of hydrogen-bond acceptors (Lipinski definition) is 4. The minimum atomic E-state index is 0.0628. The van der Waals surface area contributed by atoms with E-state index < -0.39 is 0 Å². The molecule has 1 fully saturated rings. The van der Waals surface area contributed by atoms with Crippen molar-refractivity contribution in [1.29, 1.82) is 0 Å². The van der Waals surface area contributed by atoms with E-state index in [0.717, 1.165) is 35.7 Å². The quantitative estimate of drug-likeness (QED) is 0.865. The van der Waals surface area contributed by atoms with Gasteiger partial charge in [0.25, 0.3) is 0 Å². The fourth-order valence-corrected chi connectivity index (χ4v) is 3.23. The molecule has 2 aromatic rings. The number of aromatic nitrogens is 1. The van der Waals surface area contributed by atoms with Crippen LogP contribution in [0.25, 0.3) is 11.3 Å². The first-order valence-electron chi connectivity index (χ1n) is 6.93. The van der Waals surface area contributed by atoms with Crippen molar-refractivity contribution in [2.75, 3.05) is 13.2 Å². The molecule has 104 valence electrons. The van der Waals surface area contributed by atoms with Crippen LogP contribution in [-0.2, 0) is 16.0 Å². The lowest BCUT2D eigenvalue weighted by atomic mass is 9.96. The highest BCUT2D eigenvalue weighted by Crippen LogP contribution is 2.23. The highest BCUT2D eigenvalue weighted by molar-refractivity contribution is 7.10. The summed E-state index contributed by atoms with van der Waals surface area (Å²) in [6, 6.07) is 10.1. The van der Waals surface area contributed by atoms with Gasteiger partial charge in [-0.25, -0.2) is 4.98 Å². The van der Waals surface area contributed by atoms with Crippen LogP contribution in [0, 0.1) is 5.92 Å². The van der Waals surface area contributed by atoms with Gasteiger partial charge >= 0.3 is 0 Å². The van der Waals surface area contributed by atoms with Crippen LogP contribution in [-0.4, -0.2) is 24.0 Å². The van der Waals surface area contributed by atoms with Gasteiger partial charge in [0.15, 0.2) is 0 Å². The number of ketones is 1. The lowest BCUT2D eigenvalue weighted by Crippen LogP contribution is -2.26. The maximum atomic E-state index is 12.2. The number of thiazole rings is 1. The fourth-order valence-electron chi connectivity index (χ4n) is 2.42. The second-order valence-corrected chi connectivity index (χ2v) is 5.99. The zero-order chi connectivity index (χ0) is 13.8. The van der Waals surface area contributed by atoms with Gasteiger partial charge in [-0.05, 0) is 12.8 Å². The molecule has 1 atom stereocenters. The average molecular weight is 287 g/mol. The minimum absolute atomic E-state index is 0.0628. The van der Waals surface area contributed by atoms with E-state index in [2.05, 4.69) is 4.98 Å². The van der Waals surface area contributed by atoms with Crippen molar-refractivity contribution < 1.29 is 9.53 Å². The van der Waals surface area contributed by atoms with Gasteiger partial charge in [-0.3, -0.25) is 4.79 Å². The van der Waals surface area contributed by atoms with Crippen LogP contribution in [0.4, 0.5) is 0 Å². The van der Waals surface area contributed by atoms with E-state index in [1.54, 1.807) is 11.3 Å². The van der Waals surface area contributed by atoms with Crippen LogP contribution in [0.2, 0.25) is 0 Å². The molecule has 20 heavy (non-hydrogen) atoms. The summed E-state index contributed by atoms with van der Waals surface area (Å²) in [4.78, 5) is 16.8. The average Bonchev–Trinajstić information content (AvgIpc) is 2.97. The molecule has 0 saturated carbocycles. The Kier molecular flexibility index (Phi) is 4.23. The van der Waals surface area contributed by atoms with Crippen molar-refractivity contribution in [3.8, 4) is 11.3 Å². The standard InChI is InChI=1S/C16H17NO2S/c18-15(13-7-4-8-19-10-13)9-16-17-14(11-20-16)12-5-2-1-3-6-12/h1-3,5-6,11,13H,4,7-10H2. The number of Topliss-reactive ketones (excluding diaryl/α,β-unsaturated/α-hetero) is 1. The third-order valence-corrected chi connectivity index (χ3v) is 4.41. The number of carbonyl (C=O) groups excluding carboxylic acids is 1. The lowest BCUT2D eigenvalue weighted by Gasteiger charge is -2.20. The molecule has 0 spiro atoms. The Balaban J connectivity index is 1.66. The Morgan fingerprint density at radius 1 is 1.35 bits per heavy atom. The highest BCUT2D eigenvalue weighted by Gasteiger charge is 2.22. The van der Waals surface area contributed by atoms with Crippen LogP contribution < -0.4 is 0 Å². The summed E-state index contributed by atoms with van der Waals surface area (Å²) >= 11 is 1.56. The predicted octanol–water partition coefficient (Wildman–Crippen LogP) is 3.35. The molecule has 1 aromatic heterocycles. The zero-order valence-corrected chi connectivity index (χ0v) is 12.1. The summed E-state index contributed by atoms with van der Waals surface area (Å²) in [7, 11) is 0. The summed E-state index contributed by atoms with van der Waals surface area (Å²) in [6.45, 7) is 1.37. The summed E-state index contributed by atoms with van der Waals surface area (Å²) in [6.07, 6.45) is 2.38. The van der Waals surface area contributed by atoms with Gasteiger partial charge in [-0.2, -0.15) is 0 Å². The van der Waals surface area contributed by atoms with E-state index in [1.165, 1.54) is 0 Å². The summed E-state index contributed by atoms with van der Waals surface area (Å²) in [5.74, 6) is 0.325. The van der Waals surface area contributed by atoms with Crippen molar-refractivity contribution in [2.45, 2.75) is 19.3 Å². The molecule has 0 aliphatic carbocycles. The largest absolute Gasteiger partial charge is 0.381 e. The zero-order valence-electron chi connectivity index (χ0n) is 11.2. The Bertz CT molecular complexity index is 573. The second-order valence-electron chi connectivity index (χ2n) is 5.05. The number of hydrogen-bond donors (Lipinski definition) is 0. The van der Waals surface area contributed by atoms with Crippen LogP contribution in [0.5, 0.6) is 0 Å². The molecule has 1 unspecified atom stereocenters. The molecule has 1 saturated heterocycles. The fraction of sp³-hybridized carbons (Fsp3) is 0.375. The molecule has 1 aliphatic heterocycles. The Morgan fingerprint density at radius 2 is 2.20 bits per heavy atom. The van der Waals surface area contributed by atoms with Crippen LogP contribution in [0.1, 0.15) is 17.8 Å². The Morgan fingerprint density at radius 3 is 2.95 bits per heavy atom. The molecular formula is C16H17NO2S. The van der Waals surface area contributed by atoms with Gasteiger partial charge in [-0.15, -0.1) is 11.3 Å². The highest BCUT2D eigenvalue weighted by atomic mass is 32.1. The summed E-state index contributed by atoms with van der Waals surface area (Å²) in [5.41, 5.74) is 2.06. The van der Waals surface area contributed by atoms with Crippen molar-refractivity contribution in [1.82, 2.24) is 4.98 Å². The third-order valence-electron chi connectivity index (χ3n) is 3.56. The summed E-state index contributed by atoms with van der Waals surface area (Å²) < 4.78 is 5.38. The molecule has 0 amide bonds. The predicted molar refractivity (Wildman–Crippen MR) is 79.8 cm³/mol. The number of rotatable bonds is 4. The normalized spacial score (nSPS) is 18.9. The first-order valence-corrected chi connectivity index (χ1v) is 7.81. The molecule has 0 radical (unpaired) electrons. The van der Waals surface area contributed by atoms with Crippen molar-refractivity contribution in [3.05, 3.63) is 40.7 Å². The van der Waals surface area contributed by atoms with Gasteiger partial charge in [0.2, 0.25) is 0 Å². The van der Waals surface area contributed by atoms with Crippen LogP contribution in [0.15, 0.2) is 35.7 Å². The first-order chi connectivity index (χ1) is 9.83. The van der Waals surface area contributed by atoms with Gasteiger partial charge in [-0.1, -0.05) is 30.3 Å². The van der Waals surface area contributed by atoms with Crippen molar-refractivity contribution >= 4 is 17.1 Å². The summed E-state index contributed by atoms with van der Waals surface area (Å²) in [5, 5.41) is 2.93. The van der Waals surface area contributed by atoms with Gasteiger partial charge in [0, 0.05) is 23.5 Å². The molecule has 3 rings (SSSR count). The number of ether oxygens (including phenoxy) is 1. The number of carbonyl (C=O) groups is 1. The maximum absolute atomic E-state index is 12.2. The molecule has 3 nitrogen and oxygen atoms in total. The topological polar surface area (TPSA) is 39.2 Å². The Labute approximate surface area is 122 Å². The second kappa shape index (κ2) is 6.29.